The minimum absolute atomic E-state index is 0.0889. The van der Waals surface area contributed by atoms with Crippen molar-refractivity contribution in [2.45, 2.75) is 132 Å². The third-order valence-corrected chi connectivity index (χ3v) is 14.5. The molecule has 2 heterocycles. The molecule has 2 aliphatic heterocycles. The number of fused-ring (bicyclic) bond motifs is 3. The molecule has 40 heavy (non-hydrogen) atoms. The molecule has 0 aromatic carbocycles. The van der Waals surface area contributed by atoms with E-state index in [9.17, 15) is 10.1 Å². The summed E-state index contributed by atoms with van der Waals surface area (Å²) in [6, 6.07) is 2.66. The van der Waals surface area contributed by atoms with Crippen molar-refractivity contribution in [3.63, 3.8) is 0 Å². The minimum atomic E-state index is -0.434. The van der Waals surface area contributed by atoms with E-state index in [2.05, 4.69) is 59.6 Å². The summed E-state index contributed by atoms with van der Waals surface area (Å²) in [5.41, 5.74) is 0.523. The molecule has 6 rings (SSSR count). The monoisotopic (exact) mass is 551 g/mol. The molecule has 10 atom stereocenters. The van der Waals surface area contributed by atoms with Crippen LogP contribution >= 0.6 is 0 Å². The van der Waals surface area contributed by atoms with Crippen molar-refractivity contribution in [3.05, 3.63) is 0 Å². The van der Waals surface area contributed by atoms with Gasteiger partial charge >= 0.3 is 0 Å². The van der Waals surface area contributed by atoms with Gasteiger partial charge in [-0.1, -0.05) is 48.5 Å². The van der Waals surface area contributed by atoms with Gasteiger partial charge in [0, 0.05) is 25.7 Å². The molecule has 0 aromatic heterocycles. The van der Waals surface area contributed by atoms with E-state index in [1.807, 2.05) is 6.92 Å². The Labute approximate surface area is 242 Å². The Bertz CT molecular complexity index is 1160. The lowest BCUT2D eigenvalue weighted by molar-refractivity contribution is -0.242. The largest absolute Gasteiger partial charge is 0.453 e. The van der Waals surface area contributed by atoms with Crippen molar-refractivity contribution in [2.24, 2.45) is 61.3 Å². The number of carbonyl (C=O) groups is 1. The third-order valence-electron chi connectivity index (χ3n) is 14.5. The predicted octanol–water partition coefficient (Wildman–Crippen LogP) is 7.53. The summed E-state index contributed by atoms with van der Waals surface area (Å²) in [5, 5.41) is 16.3. The number of nitrogens with zero attached hydrogens (tertiary/aromatic N) is 3. The van der Waals surface area contributed by atoms with Gasteiger partial charge in [0.05, 0.1) is 18.8 Å². The standard InChI is InChI=1S/C34H53N3O3/c1-21-36-37(22(2)38)28(40-21)30(5,6)24-12-13-33(9)25(31(24,7)18-19-35)11-10-23-26-27-29(3,4)14-16-34(26,20-39-27)17-15-32(23,33)8/h23-28H,10-18,20H2,1-9H3/t23-,24+,25-,26+,27-,28-,31+,32-,33-,34-/m1/s1. The molecule has 6 aliphatic rings. The van der Waals surface area contributed by atoms with Gasteiger partial charge in [0.25, 0.3) is 0 Å². The van der Waals surface area contributed by atoms with Gasteiger partial charge < -0.3 is 9.47 Å². The zero-order valence-corrected chi connectivity index (χ0v) is 26.6. The van der Waals surface area contributed by atoms with Crippen LogP contribution in [0.4, 0.5) is 0 Å². The first-order chi connectivity index (χ1) is 18.6. The second-order valence-corrected chi connectivity index (χ2v) is 16.9. The van der Waals surface area contributed by atoms with E-state index in [1.54, 1.807) is 11.9 Å². The SMILES string of the molecule is CC(=O)N1N=C(C)O[C@@H]1C(C)(C)[C@@H]1CC[C@]2(C)[C@H](CC[C@@H]3[C@H]4[C@H]5OC[C@@]4(CCC5(C)C)CC[C@]32C)[C@@]1(C)CC#N. The predicted molar refractivity (Wildman–Crippen MR) is 156 cm³/mol. The Morgan fingerprint density at radius 1 is 1.05 bits per heavy atom. The molecule has 2 bridgehead atoms. The van der Waals surface area contributed by atoms with Gasteiger partial charge in [-0.3, -0.25) is 4.79 Å². The number of hydrazone groups is 1. The number of hydrogen-bond donors (Lipinski definition) is 0. The molecule has 1 amide bonds. The maximum atomic E-state index is 12.6. The van der Waals surface area contributed by atoms with Crippen LogP contribution in [-0.4, -0.2) is 35.8 Å². The van der Waals surface area contributed by atoms with Gasteiger partial charge in [0.2, 0.25) is 18.0 Å². The molecule has 222 valence electrons. The molecule has 0 N–H and O–H groups in total. The van der Waals surface area contributed by atoms with Crippen LogP contribution in [-0.2, 0) is 14.3 Å². The Morgan fingerprint density at radius 3 is 2.42 bits per heavy atom. The van der Waals surface area contributed by atoms with E-state index < -0.39 is 6.23 Å². The van der Waals surface area contributed by atoms with Crippen LogP contribution in [0.3, 0.4) is 0 Å². The number of rotatable bonds is 3. The van der Waals surface area contributed by atoms with Crippen LogP contribution < -0.4 is 0 Å². The van der Waals surface area contributed by atoms with E-state index in [0.717, 1.165) is 13.0 Å². The number of nitriles is 1. The Morgan fingerprint density at radius 2 is 1.75 bits per heavy atom. The molecule has 6 nitrogen and oxygen atoms in total. The van der Waals surface area contributed by atoms with E-state index in [4.69, 9.17) is 9.47 Å². The highest BCUT2D eigenvalue weighted by Gasteiger charge is 2.72. The molecule has 0 radical (unpaired) electrons. The van der Waals surface area contributed by atoms with Crippen molar-refractivity contribution >= 4 is 11.8 Å². The summed E-state index contributed by atoms with van der Waals surface area (Å²) < 4.78 is 13.0. The zero-order chi connectivity index (χ0) is 29.1. The quantitative estimate of drug-likeness (QED) is 0.363. The van der Waals surface area contributed by atoms with Gasteiger partial charge in [0.15, 0.2) is 0 Å². The molecule has 0 unspecified atom stereocenters. The van der Waals surface area contributed by atoms with Crippen LogP contribution in [0.1, 0.15) is 120 Å². The first-order valence-electron chi connectivity index (χ1n) is 16.1. The molecular weight excluding hydrogens is 498 g/mol. The van der Waals surface area contributed by atoms with E-state index >= 15 is 0 Å². The molecular formula is C34H53N3O3. The smallest absolute Gasteiger partial charge is 0.242 e. The maximum absolute atomic E-state index is 12.6. The highest BCUT2D eigenvalue weighted by Crippen LogP contribution is 2.77. The van der Waals surface area contributed by atoms with Crippen LogP contribution in [0.15, 0.2) is 5.10 Å². The van der Waals surface area contributed by atoms with E-state index in [-0.39, 0.29) is 38.9 Å². The summed E-state index contributed by atoms with van der Waals surface area (Å²) in [6.45, 7) is 21.4. The highest BCUT2D eigenvalue weighted by atomic mass is 16.5. The van der Waals surface area contributed by atoms with Crippen LogP contribution in [0.25, 0.3) is 0 Å². The fourth-order valence-corrected chi connectivity index (χ4v) is 12.3. The summed E-state index contributed by atoms with van der Waals surface area (Å²) in [5.74, 6) is 2.51. The topological polar surface area (TPSA) is 74.9 Å². The van der Waals surface area contributed by atoms with E-state index in [1.165, 1.54) is 44.9 Å². The van der Waals surface area contributed by atoms with Gasteiger partial charge in [-0.2, -0.15) is 10.3 Å². The van der Waals surface area contributed by atoms with Crippen molar-refractivity contribution in [2.75, 3.05) is 6.61 Å². The molecule has 0 aromatic rings. The second-order valence-electron chi connectivity index (χ2n) is 16.9. The minimum Gasteiger partial charge on any atom is -0.453 e. The molecule has 5 fully saturated rings. The lowest BCUT2D eigenvalue weighted by atomic mass is 9.32. The molecule has 1 saturated heterocycles. The lowest BCUT2D eigenvalue weighted by Gasteiger charge is -2.72. The number of ether oxygens (including phenoxy) is 2. The van der Waals surface area contributed by atoms with Gasteiger partial charge in [-0.15, -0.1) is 5.10 Å². The number of hydrogen-bond acceptors (Lipinski definition) is 5. The van der Waals surface area contributed by atoms with E-state index in [0.29, 0.717) is 41.6 Å². The van der Waals surface area contributed by atoms with Crippen LogP contribution in [0, 0.1) is 67.5 Å². The van der Waals surface area contributed by atoms with Crippen molar-refractivity contribution in [1.29, 1.82) is 5.26 Å². The normalized spacial score (nSPS) is 49.2. The Hall–Kier alpha value is -1.61. The van der Waals surface area contributed by atoms with Gasteiger partial charge in [-0.05, 0) is 102 Å². The Kier molecular flexibility index (Phi) is 6.21. The summed E-state index contributed by atoms with van der Waals surface area (Å²) >= 11 is 0. The molecule has 0 spiro atoms. The molecule has 6 heteroatoms. The summed E-state index contributed by atoms with van der Waals surface area (Å²) in [6.07, 6.45) is 10.3. The second kappa shape index (κ2) is 8.71. The fourth-order valence-electron chi connectivity index (χ4n) is 12.3. The maximum Gasteiger partial charge on any atom is 0.242 e. The molecule has 4 aliphatic carbocycles. The number of carbonyl (C=O) groups excluding carboxylic acids is 1. The lowest BCUT2D eigenvalue weighted by Crippen LogP contribution is -2.67. The number of amides is 1. The molecule has 4 saturated carbocycles. The van der Waals surface area contributed by atoms with Gasteiger partial charge in [0.1, 0.15) is 0 Å². The average molecular weight is 552 g/mol. The average Bonchev–Trinajstić information content (AvgIpc) is 3.42. The highest BCUT2D eigenvalue weighted by molar-refractivity contribution is 5.81. The van der Waals surface area contributed by atoms with Crippen LogP contribution in [0.2, 0.25) is 0 Å². The van der Waals surface area contributed by atoms with Gasteiger partial charge in [-0.25, -0.2) is 0 Å². The van der Waals surface area contributed by atoms with Crippen molar-refractivity contribution < 1.29 is 14.3 Å². The summed E-state index contributed by atoms with van der Waals surface area (Å²) in [7, 11) is 0. The van der Waals surface area contributed by atoms with Crippen molar-refractivity contribution in [3.8, 4) is 6.07 Å². The first-order valence-corrected chi connectivity index (χ1v) is 16.1. The fraction of sp³-hybridized carbons (Fsp3) is 0.912. The Balaban J connectivity index is 1.37. The van der Waals surface area contributed by atoms with Crippen molar-refractivity contribution in [1.82, 2.24) is 5.01 Å². The first kappa shape index (κ1) is 28.5. The third kappa shape index (κ3) is 3.48. The van der Waals surface area contributed by atoms with Crippen LogP contribution in [0.5, 0.6) is 0 Å². The zero-order valence-electron chi connectivity index (χ0n) is 26.6. The summed E-state index contributed by atoms with van der Waals surface area (Å²) in [4.78, 5) is 12.6.